The second-order valence-corrected chi connectivity index (χ2v) is 5.71. The molecule has 0 radical (unpaired) electrons. The predicted molar refractivity (Wildman–Crippen MR) is 106 cm³/mol. The summed E-state index contributed by atoms with van der Waals surface area (Å²) in [6.07, 6.45) is 0. The summed E-state index contributed by atoms with van der Waals surface area (Å²) >= 11 is 0. The molecule has 0 heterocycles. The number of ether oxygens (including phenoxy) is 2. The highest BCUT2D eigenvalue weighted by atomic mass is 127. The van der Waals surface area contributed by atoms with Crippen LogP contribution in [-0.4, -0.2) is 38.9 Å². The molecule has 1 rings (SSSR count). The van der Waals surface area contributed by atoms with Crippen molar-refractivity contribution >= 4 is 29.9 Å². The second-order valence-electron chi connectivity index (χ2n) is 5.71. The summed E-state index contributed by atoms with van der Waals surface area (Å²) in [4.78, 5) is 4.65. The van der Waals surface area contributed by atoms with Crippen LogP contribution in [-0.2, 0) is 22.6 Å². The molecule has 0 aromatic heterocycles. The summed E-state index contributed by atoms with van der Waals surface area (Å²) < 4.78 is 10.7. The third kappa shape index (κ3) is 8.53. The number of guanidine groups is 1. The Labute approximate surface area is 157 Å². The zero-order chi connectivity index (χ0) is 16.4. The van der Waals surface area contributed by atoms with Crippen molar-refractivity contribution < 1.29 is 9.47 Å². The van der Waals surface area contributed by atoms with Gasteiger partial charge in [-0.2, -0.15) is 0 Å². The second kappa shape index (κ2) is 11.6. The predicted octanol–water partition coefficient (Wildman–Crippen LogP) is 2.93. The van der Waals surface area contributed by atoms with Crippen molar-refractivity contribution in [2.45, 2.75) is 39.5 Å². The van der Waals surface area contributed by atoms with E-state index < -0.39 is 0 Å². The number of hydrogen-bond acceptors (Lipinski definition) is 3. The minimum atomic E-state index is -0.232. The zero-order valence-electron chi connectivity index (χ0n) is 14.8. The summed E-state index contributed by atoms with van der Waals surface area (Å²) in [7, 11) is 3.42. The molecule has 0 spiro atoms. The van der Waals surface area contributed by atoms with E-state index in [2.05, 4.69) is 34.7 Å². The number of methoxy groups -OCH3 is 2. The van der Waals surface area contributed by atoms with Gasteiger partial charge in [-0.1, -0.05) is 24.3 Å². The van der Waals surface area contributed by atoms with E-state index in [0.29, 0.717) is 19.7 Å². The summed E-state index contributed by atoms with van der Waals surface area (Å²) in [6.45, 7) is 8.86. The van der Waals surface area contributed by atoms with Gasteiger partial charge in [0.2, 0.25) is 0 Å². The van der Waals surface area contributed by atoms with Crippen molar-refractivity contribution in [2.75, 3.05) is 27.3 Å². The van der Waals surface area contributed by atoms with Crippen molar-refractivity contribution in [1.82, 2.24) is 10.6 Å². The van der Waals surface area contributed by atoms with Gasteiger partial charge in [0, 0.05) is 27.3 Å². The van der Waals surface area contributed by atoms with Crippen molar-refractivity contribution in [3.05, 3.63) is 35.4 Å². The summed E-state index contributed by atoms with van der Waals surface area (Å²) in [5.41, 5.74) is 2.11. The molecule has 0 unspecified atom stereocenters. The Morgan fingerprint density at radius 3 is 2.35 bits per heavy atom. The molecule has 5 nitrogen and oxygen atoms in total. The first-order chi connectivity index (χ1) is 10.5. The maximum atomic E-state index is 5.42. The molecule has 0 aliphatic rings. The number of aliphatic imine (C=N–C) groups is 1. The fourth-order valence-corrected chi connectivity index (χ4v) is 1.88. The van der Waals surface area contributed by atoms with Gasteiger partial charge in [-0.25, -0.2) is 4.99 Å². The zero-order valence-corrected chi connectivity index (χ0v) is 17.1. The van der Waals surface area contributed by atoms with Crippen molar-refractivity contribution in [1.29, 1.82) is 0 Å². The molecule has 0 saturated carbocycles. The van der Waals surface area contributed by atoms with Gasteiger partial charge in [-0.05, 0) is 31.9 Å². The third-order valence-corrected chi connectivity index (χ3v) is 3.40. The van der Waals surface area contributed by atoms with Gasteiger partial charge in [0.25, 0.3) is 0 Å². The minimum Gasteiger partial charge on any atom is -0.380 e. The number of halogens is 1. The van der Waals surface area contributed by atoms with E-state index in [1.54, 1.807) is 14.2 Å². The number of hydrogen-bond donors (Lipinski definition) is 2. The highest BCUT2D eigenvalue weighted by Crippen LogP contribution is 2.11. The Morgan fingerprint density at radius 1 is 1.13 bits per heavy atom. The quantitative estimate of drug-likeness (QED) is 0.375. The number of nitrogens with one attached hydrogen (secondary N) is 2. The van der Waals surface area contributed by atoms with Crippen LogP contribution in [0.4, 0.5) is 0 Å². The Bertz CT molecular complexity index is 479. The third-order valence-electron chi connectivity index (χ3n) is 3.40. The largest absolute Gasteiger partial charge is 0.380 e. The lowest BCUT2D eigenvalue weighted by Crippen LogP contribution is -2.45. The van der Waals surface area contributed by atoms with Gasteiger partial charge < -0.3 is 20.1 Å². The van der Waals surface area contributed by atoms with Crippen molar-refractivity contribution in [2.24, 2.45) is 4.99 Å². The molecule has 0 fully saturated rings. The van der Waals surface area contributed by atoms with Crippen LogP contribution < -0.4 is 10.6 Å². The van der Waals surface area contributed by atoms with E-state index in [1.807, 2.05) is 26.0 Å². The Hall–Kier alpha value is -0.860. The van der Waals surface area contributed by atoms with Crippen molar-refractivity contribution in [3.8, 4) is 0 Å². The van der Waals surface area contributed by atoms with Crippen LogP contribution in [0.1, 0.15) is 31.9 Å². The average Bonchev–Trinajstić information content (AvgIpc) is 2.52. The van der Waals surface area contributed by atoms with Crippen LogP contribution >= 0.6 is 24.0 Å². The van der Waals surface area contributed by atoms with E-state index in [1.165, 1.54) is 11.1 Å². The average molecular weight is 435 g/mol. The molecular formula is C17H30IN3O2. The SMILES string of the molecule is CCNC(=NCc1ccccc1COC)NCC(C)(C)OC.I. The van der Waals surface area contributed by atoms with Crippen LogP contribution in [0.2, 0.25) is 0 Å². The topological polar surface area (TPSA) is 54.9 Å². The molecule has 0 atom stereocenters. The van der Waals surface area contributed by atoms with E-state index in [0.717, 1.165) is 12.5 Å². The molecule has 6 heteroatoms. The number of rotatable bonds is 8. The molecule has 0 aliphatic carbocycles. The Kier molecular flexibility index (Phi) is 11.2. The molecule has 0 aliphatic heterocycles. The van der Waals surface area contributed by atoms with Crippen molar-refractivity contribution in [3.63, 3.8) is 0 Å². The molecule has 23 heavy (non-hydrogen) atoms. The first kappa shape index (κ1) is 22.1. The normalized spacial score (nSPS) is 11.8. The van der Waals surface area contributed by atoms with Gasteiger partial charge >= 0.3 is 0 Å². The first-order valence-electron chi connectivity index (χ1n) is 7.65. The van der Waals surface area contributed by atoms with Crippen LogP contribution in [0.15, 0.2) is 29.3 Å². The lowest BCUT2D eigenvalue weighted by Gasteiger charge is -2.24. The lowest BCUT2D eigenvalue weighted by molar-refractivity contribution is 0.0268. The van der Waals surface area contributed by atoms with E-state index in [4.69, 9.17) is 9.47 Å². The molecular weight excluding hydrogens is 405 g/mol. The maximum Gasteiger partial charge on any atom is 0.191 e. The molecule has 2 N–H and O–H groups in total. The van der Waals surface area contributed by atoms with E-state index >= 15 is 0 Å². The fraction of sp³-hybridized carbons (Fsp3) is 0.588. The standard InChI is InChI=1S/C17H29N3O2.HI/c1-6-18-16(20-13-17(2,3)22-5)19-11-14-9-7-8-10-15(14)12-21-4;/h7-10H,6,11-13H2,1-5H3,(H2,18,19,20);1H. The molecule has 132 valence electrons. The van der Waals surface area contributed by atoms with E-state index in [9.17, 15) is 0 Å². The van der Waals surface area contributed by atoms with Crippen LogP contribution in [0, 0.1) is 0 Å². The van der Waals surface area contributed by atoms with Gasteiger partial charge in [-0.3, -0.25) is 0 Å². The van der Waals surface area contributed by atoms with Crippen LogP contribution in [0.3, 0.4) is 0 Å². The first-order valence-corrected chi connectivity index (χ1v) is 7.65. The van der Waals surface area contributed by atoms with Gasteiger partial charge in [0.15, 0.2) is 5.96 Å². The molecule has 1 aromatic rings. The lowest BCUT2D eigenvalue weighted by atomic mass is 10.1. The maximum absolute atomic E-state index is 5.42. The van der Waals surface area contributed by atoms with E-state index in [-0.39, 0.29) is 29.6 Å². The summed E-state index contributed by atoms with van der Waals surface area (Å²) in [6, 6.07) is 8.20. The highest BCUT2D eigenvalue weighted by molar-refractivity contribution is 14.0. The molecule has 0 saturated heterocycles. The highest BCUT2D eigenvalue weighted by Gasteiger charge is 2.16. The number of benzene rings is 1. The number of nitrogens with zero attached hydrogens (tertiary/aromatic N) is 1. The molecule has 1 aromatic carbocycles. The monoisotopic (exact) mass is 435 g/mol. The molecule has 0 bridgehead atoms. The van der Waals surface area contributed by atoms with Crippen LogP contribution in [0.5, 0.6) is 0 Å². The Morgan fingerprint density at radius 2 is 1.78 bits per heavy atom. The fourth-order valence-electron chi connectivity index (χ4n) is 1.88. The Balaban J connectivity index is 0.00000484. The smallest absolute Gasteiger partial charge is 0.191 e. The summed E-state index contributed by atoms with van der Waals surface area (Å²) in [5, 5.41) is 6.57. The van der Waals surface area contributed by atoms with Gasteiger partial charge in [-0.15, -0.1) is 24.0 Å². The molecule has 0 amide bonds. The van der Waals surface area contributed by atoms with Crippen LogP contribution in [0.25, 0.3) is 0 Å². The summed E-state index contributed by atoms with van der Waals surface area (Å²) in [5.74, 6) is 0.792. The van der Waals surface area contributed by atoms with Gasteiger partial charge in [0.05, 0.1) is 18.8 Å². The minimum absolute atomic E-state index is 0. The van der Waals surface area contributed by atoms with Gasteiger partial charge in [0.1, 0.15) is 0 Å².